The molecule has 1 rings (SSSR count). The molecule has 0 saturated carbocycles. The van der Waals surface area contributed by atoms with Gasteiger partial charge in [0.25, 0.3) is 0 Å². The number of aliphatic hydroxyl groups is 1. The van der Waals surface area contributed by atoms with E-state index in [4.69, 9.17) is 0 Å². The zero-order chi connectivity index (χ0) is 11.5. The van der Waals surface area contributed by atoms with Crippen LogP contribution in [0.3, 0.4) is 0 Å². The number of aliphatic hydroxyl groups excluding tert-OH is 1. The van der Waals surface area contributed by atoms with Crippen molar-refractivity contribution in [3.8, 4) is 0 Å². The Balaban J connectivity index is 2.61. The molecule has 84 valence electrons. The molecular weight excluding hydrogens is 184 g/mol. The third kappa shape index (κ3) is 3.67. The Kier molecular flexibility index (Phi) is 3.92. The molecule has 0 aliphatic rings. The van der Waals surface area contributed by atoms with Gasteiger partial charge in [0, 0.05) is 0 Å². The quantitative estimate of drug-likeness (QED) is 0.797. The fourth-order valence-corrected chi connectivity index (χ4v) is 1.50. The lowest BCUT2D eigenvalue weighted by atomic mass is 9.78. The molecule has 1 aromatic rings. The number of hydrogen-bond acceptors (Lipinski definition) is 1. The monoisotopic (exact) mass is 206 g/mol. The zero-order valence-electron chi connectivity index (χ0n) is 10.2. The average Bonchev–Trinajstić information content (AvgIpc) is 2.17. The standard InChI is InChI=1S/C14H22O/c1-11(14(2,3)4)10-13(15)12-8-6-5-7-9-12/h5-9,11,13,15H,10H2,1-4H3. The summed E-state index contributed by atoms with van der Waals surface area (Å²) in [6.45, 7) is 8.85. The predicted octanol–water partition coefficient (Wildman–Crippen LogP) is 3.79. The normalized spacial score (nSPS) is 16.1. The number of benzene rings is 1. The van der Waals surface area contributed by atoms with Gasteiger partial charge in [0.15, 0.2) is 0 Å². The van der Waals surface area contributed by atoms with Crippen LogP contribution in [0.2, 0.25) is 0 Å². The van der Waals surface area contributed by atoms with Gasteiger partial charge in [-0.1, -0.05) is 58.0 Å². The average molecular weight is 206 g/mol. The summed E-state index contributed by atoms with van der Waals surface area (Å²) in [4.78, 5) is 0. The Labute approximate surface area is 93.1 Å². The first-order valence-electron chi connectivity index (χ1n) is 5.64. The van der Waals surface area contributed by atoms with Crippen LogP contribution in [-0.2, 0) is 0 Å². The molecule has 0 aromatic heterocycles. The Morgan fingerprint density at radius 1 is 1.13 bits per heavy atom. The Bertz CT molecular complexity index is 284. The van der Waals surface area contributed by atoms with Crippen molar-refractivity contribution in [2.75, 3.05) is 0 Å². The van der Waals surface area contributed by atoms with Gasteiger partial charge in [0.05, 0.1) is 6.10 Å². The Morgan fingerprint density at radius 2 is 1.67 bits per heavy atom. The maximum Gasteiger partial charge on any atom is 0.0792 e. The van der Waals surface area contributed by atoms with Crippen LogP contribution in [0.1, 0.15) is 45.8 Å². The SMILES string of the molecule is CC(CC(O)c1ccccc1)C(C)(C)C. The molecule has 0 fully saturated rings. The second-order valence-electron chi connectivity index (χ2n) is 5.43. The van der Waals surface area contributed by atoms with Crippen molar-refractivity contribution in [2.24, 2.45) is 11.3 Å². The van der Waals surface area contributed by atoms with Crippen molar-refractivity contribution in [3.05, 3.63) is 35.9 Å². The first kappa shape index (κ1) is 12.3. The lowest BCUT2D eigenvalue weighted by molar-refractivity contribution is 0.111. The van der Waals surface area contributed by atoms with Crippen molar-refractivity contribution >= 4 is 0 Å². The minimum Gasteiger partial charge on any atom is -0.388 e. The second kappa shape index (κ2) is 4.80. The van der Waals surface area contributed by atoms with Crippen LogP contribution in [0.15, 0.2) is 30.3 Å². The summed E-state index contributed by atoms with van der Waals surface area (Å²) >= 11 is 0. The molecule has 1 N–H and O–H groups in total. The van der Waals surface area contributed by atoms with Gasteiger partial charge in [0.2, 0.25) is 0 Å². The van der Waals surface area contributed by atoms with Crippen LogP contribution in [0.4, 0.5) is 0 Å². The summed E-state index contributed by atoms with van der Waals surface area (Å²) in [5.74, 6) is 0.507. The first-order valence-corrected chi connectivity index (χ1v) is 5.64. The third-order valence-corrected chi connectivity index (χ3v) is 3.24. The topological polar surface area (TPSA) is 20.2 Å². The van der Waals surface area contributed by atoms with E-state index in [2.05, 4.69) is 27.7 Å². The van der Waals surface area contributed by atoms with Crippen LogP contribution in [-0.4, -0.2) is 5.11 Å². The van der Waals surface area contributed by atoms with Gasteiger partial charge in [-0.3, -0.25) is 0 Å². The molecule has 0 spiro atoms. The second-order valence-corrected chi connectivity index (χ2v) is 5.43. The Hall–Kier alpha value is -0.820. The first-order chi connectivity index (χ1) is 6.91. The summed E-state index contributed by atoms with van der Waals surface area (Å²) < 4.78 is 0. The number of rotatable bonds is 3. The van der Waals surface area contributed by atoms with Gasteiger partial charge in [-0.05, 0) is 23.3 Å². The molecule has 0 saturated heterocycles. The highest BCUT2D eigenvalue weighted by molar-refractivity contribution is 5.17. The molecule has 2 atom stereocenters. The van der Waals surface area contributed by atoms with E-state index in [-0.39, 0.29) is 11.5 Å². The van der Waals surface area contributed by atoms with E-state index >= 15 is 0 Å². The van der Waals surface area contributed by atoms with Crippen molar-refractivity contribution in [2.45, 2.75) is 40.2 Å². The lowest BCUT2D eigenvalue weighted by Crippen LogP contribution is -2.19. The van der Waals surface area contributed by atoms with E-state index in [9.17, 15) is 5.11 Å². The van der Waals surface area contributed by atoms with E-state index < -0.39 is 0 Å². The summed E-state index contributed by atoms with van der Waals surface area (Å²) in [6.07, 6.45) is 0.494. The highest BCUT2D eigenvalue weighted by Gasteiger charge is 2.23. The van der Waals surface area contributed by atoms with E-state index in [0.717, 1.165) is 12.0 Å². The maximum absolute atomic E-state index is 10.1. The molecular formula is C14H22O. The molecule has 0 heterocycles. The van der Waals surface area contributed by atoms with Crippen molar-refractivity contribution in [1.29, 1.82) is 0 Å². The van der Waals surface area contributed by atoms with Crippen LogP contribution >= 0.6 is 0 Å². The largest absolute Gasteiger partial charge is 0.388 e. The van der Waals surface area contributed by atoms with E-state index in [0.29, 0.717) is 5.92 Å². The zero-order valence-corrected chi connectivity index (χ0v) is 10.2. The summed E-state index contributed by atoms with van der Waals surface area (Å²) in [5, 5.41) is 10.1. The molecule has 1 nitrogen and oxygen atoms in total. The Morgan fingerprint density at radius 3 is 2.13 bits per heavy atom. The molecule has 1 aromatic carbocycles. The van der Waals surface area contributed by atoms with Gasteiger partial charge >= 0.3 is 0 Å². The van der Waals surface area contributed by atoms with Gasteiger partial charge in [-0.25, -0.2) is 0 Å². The molecule has 0 aliphatic heterocycles. The van der Waals surface area contributed by atoms with E-state index in [1.807, 2.05) is 30.3 Å². The smallest absolute Gasteiger partial charge is 0.0792 e. The molecule has 0 aliphatic carbocycles. The summed E-state index contributed by atoms with van der Waals surface area (Å²) in [5.41, 5.74) is 1.28. The van der Waals surface area contributed by atoms with E-state index in [1.165, 1.54) is 0 Å². The molecule has 0 bridgehead atoms. The van der Waals surface area contributed by atoms with Gasteiger partial charge in [-0.2, -0.15) is 0 Å². The highest BCUT2D eigenvalue weighted by Crippen LogP contribution is 2.32. The van der Waals surface area contributed by atoms with Crippen molar-refractivity contribution < 1.29 is 5.11 Å². The molecule has 1 heteroatoms. The summed E-state index contributed by atoms with van der Waals surface area (Å²) in [6, 6.07) is 9.89. The van der Waals surface area contributed by atoms with Gasteiger partial charge in [0.1, 0.15) is 0 Å². The fraction of sp³-hybridized carbons (Fsp3) is 0.571. The highest BCUT2D eigenvalue weighted by atomic mass is 16.3. The molecule has 15 heavy (non-hydrogen) atoms. The minimum atomic E-state index is -0.333. The fourth-order valence-electron chi connectivity index (χ4n) is 1.50. The van der Waals surface area contributed by atoms with Crippen molar-refractivity contribution in [3.63, 3.8) is 0 Å². The maximum atomic E-state index is 10.1. The van der Waals surface area contributed by atoms with Crippen molar-refractivity contribution in [1.82, 2.24) is 0 Å². The van der Waals surface area contributed by atoms with Crippen LogP contribution in [0.5, 0.6) is 0 Å². The van der Waals surface area contributed by atoms with Crippen LogP contribution < -0.4 is 0 Å². The van der Waals surface area contributed by atoms with Crippen LogP contribution in [0, 0.1) is 11.3 Å². The molecule has 0 radical (unpaired) electrons. The van der Waals surface area contributed by atoms with Gasteiger partial charge in [-0.15, -0.1) is 0 Å². The molecule has 2 unspecified atom stereocenters. The van der Waals surface area contributed by atoms with Gasteiger partial charge < -0.3 is 5.11 Å². The lowest BCUT2D eigenvalue weighted by Gasteiger charge is -2.29. The molecule has 0 amide bonds. The van der Waals surface area contributed by atoms with Crippen LogP contribution in [0.25, 0.3) is 0 Å². The minimum absolute atomic E-state index is 0.260. The summed E-state index contributed by atoms with van der Waals surface area (Å²) in [7, 11) is 0. The third-order valence-electron chi connectivity index (χ3n) is 3.24. The van der Waals surface area contributed by atoms with E-state index in [1.54, 1.807) is 0 Å². The number of hydrogen-bond donors (Lipinski definition) is 1. The predicted molar refractivity (Wildman–Crippen MR) is 64.6 cm³/mol.